The molecule has 0 unspecified atom stereocenters. The van der Waals surface area contributed by atoms with E-state index in [2.05, 4.69) is 0 Å². The standard InChI is InChI=1S/2C6H14N2O2.Ca.H2O/c2*7-4-2-1-3-5(8)6(9)10;;/h2*5H,1-4,7-8H2,(H,9,10);;1H2/q;;+2;/p-2/t2*5-;;/m00../s1. The molecule has 0 aromatic carbocycles. The molecule has 10 heteroatoms. The van der Waals surface area contributed by atoms with Gasteiger partial charge in [-0.15, -0.1) is 0 Å². The summed E-state index contributed by atoms with van der Waals surface area (Å²) in [6.07, 6.45) is 4.07. The first-order valence-electron chi connectivity index (χ1n) is 6.69. The van der Waals surface area contributed by atoms with Crippen molar-refractivity contribution < 1.29 is 25.3 Å². The fraction of sp³-hybridized carbons (Fsp3) is 0.833. The monoisotopic (exact) mass is 348 g/mol. The van der Waals surface area contributed by atoms with Gasteiger partial charge in [-0.1, -0.05) is 12.8 Å². The molecule has 0 aliphatic heterocycles. The molecule has 9 nitrogen and oxygen atoms in total. The molecule has 0 heterocycles. The normalized spacial score (nSPS) is 11.8. The van der Waals surface area contributed by atoms with E-state index < -0.39 is 24.0 Å². The molecule has 0 saturated heterocycles. The van der Waals surface area contributed by atoms with Gasteiger partial charge >= 0.3 is 37.7 Å². The van der Waals surface area contributed by atoms with Gasteiger partial charge in [0.15, 0.2) is 0 Å². The van der Waals surface area contributed by atoms with E-state index in [1.807, 2.05) is 0 Å². The van der Waals surface area contributed by atoms with Gasteiger partial charge in [0, 0.05) is 12.1 Å². The van der Waals surface area contributed by atoms with Crippen LogP contribution in [-0.2, 0) is 9.59 Å². The molecule has 128 valence electrons. The minimum Gasteiger partial charge on any atom is -0.548 e. The summed E-state index contributed by atoms with van der Waals surface area (Å²) in [5, 5.41) is 20.1. The Morgan fingerprint density at radius 2 is 1.05 bits per heavy atom. The van der Waals surface area contributed by atoms with Crippen LogP contribution in [0.2, 0.25) is 0 Å². The number of hydrogen-bond donors (Lipinski definition) is 4. The Labute approximate surface area is 161 Å². The van der Waals surface area contributed by atoms with E-state index in [9.17, 15) is 19.8 Å². The van der Waals surface area contributed by atoms with Crippen LogP contribution in [-0.4, -0.2) is 80.3 Å². The molecule has 0 aliphatic rings. The summed E-state index contributed by atoms with van der Waals surface area (Å²) < 4.78 is 0. The van der Waals surface area contributed by atoms with Crippen molar-refractivity contribution in [1.82, 2.24) is 0 Å². The number of hydrogen-bond acceptors (Lipinski definition) is 8. The van der Waals surface area contributed by atoms with E-state index in [-0.39, 0.29) is 43.2 Å². The average molecular weight is 348 g/mol. The summed E-state index contributed by atoms with van der Waals surface area (Å²) >= 11 is 0. The SMILES string of the molecule is NCCCC[C@H](N)C(=O)[O-].NCCCC[C@H](N)C(=O)[O-].O.[Ca+2]. The Morgan fingerprint density at radius 1 is 0.773 bits per heavy atom. The van der Waals surface area contributed by atoms with E-state index >= 15 is 0 Å². The molecule has 0 aromatic heterocycles. The summed E-state index contributed by atoms with van der Waals surface area (Å²) in [5.41, 5.74) is 20.7. The van der Waals surface area contributed by atoms with E-state index in [0.717, 1.165) is 25.7 Å². The van der Waals surface area contributed by atoms with Crippen LogP contribution in [0.15, 0.2) is 0 Å². The van der Waals surface area contributed by atoms with Crippen LogP contribution in [0.1, 0.15) is 38.5 Å². The number of carboxylic acid groups (broad SMARTS) is 2. The van der Waals surface area contributed by atoms with Crippen molar-refractivity contribution in [2.75, 3.05) is 13.1 Å². The average Bonchev–Trinajstić information content (AvgIpc) is 2.39. The number of carboxylic acids is 2. The molecule has 0 fully saturated rings. The second-order valence-electron chi connectivity index (χ2n) is 4.42. The number of carbonyl (C=O) groups is 2. The van der Waals surface area contributed by atoms with Gasteiger partial charge in [0.05, 0.1) is 11.9 Å². The maximum atomic E-state index is 10.0. The van der Waals surface area contributed by atoms with E-state index in [1.165, 1.54) is 0 Å². The number of unbranched alkanes of at least 4 members (excludes halogenated alkanes) is 2. The van der Waals surface area contributed by atoms with Crippen molar-refractivity contribution in [1.29, 1.82) is 0 Å². The van der Waals surface area contributed by atoms with Gasteiger partial charge in [0.2, 0.25) is 0 Å². The quantitative estimate of drug-likeness (QED) is 0.221. The second kappa shape index (κ2) is 21.0. The van der Waals surface area contributed by atoms with Gasteiger partial charge in [-0.05, 0) is 38.8 Å². The van der Waals surface area contributed by atoms with Crippen molar-refractivity contribution in [3.63, 3.8) is 0 Å². The molecular weight excluding hydrogens is 320 g/mol. The third-order valence-corrected chi connectivity index (χ3v) is 2.54. The molecular formula is C12H28CaN4O5. The van der Waals surface area contributed by atoms with Crippen molar-refractivity contribution >= 4 is 49.7 Å². The van der Waals surface area contributed by atoms with Gasteiger partial charge in [0.1, 0.15) is 0 Å². The maximum absolute atomic E-state index is 10.0. The smallest absolute Gasteiger partial charge is 0.548 e. The summed E-state index contributed by atoms with van der Waals surface area (Å²) in [4.78, 5) is 20.1. The van der Waals surface area contributed by atoms with Gasteiger partial charge in [-0.3, -0.25) is 0 Å². The molecule has 2 atom stereocenters. The largest absolute Gasteiger partial charge is 2.00 e. The number of carbonyl (C=O) groups excluding carboxylic acids is 2. The van der Waals surface area contributed by atoms with Crippen LogP contribution in [0.25, 0.3) is 0 Å². The first-order chi connectivity index (χ1) is 9.36. The number of rotatable bonds is 10. The first-order valence-corrected chi connectivity index (χ1v) is 6.69. The molecule has 10 N–H and O–H groups in total. The van der Waals surface area contributed by atoms with Crippen LogP contribution in [0.5, 0.6) is 0 Å². The molecule has 0 aliphatic carbocycles. The zero-order valence-corrected chi connectivity index (χ0v) is 15.2. The summed E-state index contributed by atoms with van der Waals surface area (Å²) in [6, 6.07) is -1.65. The third kappa shape index (κ3) is 22.3. The molecule has 0 saturated carbocycles. The van der Waals surface area contributed by atoms with Crippen molar-refractivity contribution in [2.24, 2.45) is 22.9 Å². The maximum Gasteiger partial charge on any atom is 2.00 e. The fourth-order valence-corrected chi connectivity index (χ4v) is 1.25. The molecule has 0 aromatic rings. The Morgan fingerprint density at radius 3 is 1.23 bits per heavy atom. The molecule has 0 amide bonds. The Bertz CT molecular complexity index is 246. The van der Waals surface area contributed by atoms with Gasteiger partial charge in [0.25, 0.3) is 0 Å². The first kappa shape index (κ1) is 29.9. The molecule has 0 bridgehead atoms. The summed E-state index contributed by atoms with van der Waals surface area (Å²) in [5.74, 6) is -2.37. The van der Waals surface area contributed by atoms with Crippen LogP contribution < -0.4 is 33.1 Å². The third-order valence-electron chi connectivity index (χ3n) is 2.54. The minimum atomic E-state index is -1.18. The van der Waals surface area contributed by atoms with Gasteiger partial charge in [-0.2, -0.15) is 0 Å². The predicted molar refractivity (Wildman–Crippen MR) is 81.1 cm³/mol. The Balaban J connectivity index is -0.000000135. The van der Waals surface area contributed by atoms with Gasteiger partial charge in [-0.25, -0.2) is 0 Å². The Hall–Kier alpha value is -0.000260. The topological polar surface area (TPSA) is 216 Å². The number of aliphatic carboxylic acids is 2. The van der Waals surface area contributed by atoms with Crippen LogP contribution in [0.3, 0.4) is 0 Å². The van der Waals surface area contributed by atoms with E-state index in [4.69, 9.17) is 22.9 Å². The van der Waals surface area contributed by atoms with Crippen molar-refractivity contribution in [3.8, 4) is 0 Å². The van der Waals surface area contributed by atoms with Crippen LogP contribution in [0.4, 0.5) is 0 Å². The second-order valence-corrected chi connectivity index (χ2v) is 4.42. The van der Waals surface area contributed by atoms with E-state index in [0.29, 0.717) is 25.9 Å². The zero-order valence-electron chi connectivity index (χ0n) is 13.0. The fourth-order valence-electron chi connectivity index (χ4n) is 1.25. The molecule has 0 spiro atoms. The molecule has 0 radical (unpaired) electrons. The number of nitrogens with two attached hydrogens (primary N) is 4. The summed E-state index contributed by atoms with van der Waals surface area (Å²) in [6.45, 7) is 1.17. The molecule has 22 heavy (non-hydrogen) atoms. The van der Waals surface area contributed by atoms with Gasteiger partial charge < -0.3 is 48.2 Å². The van der Waals surface area contributed by atoms with Crippen LogP contribution >= 0.6 is 0 Å². The van der Waals surface area contributed by atoms with E-state index in [1.54, 1.807) is 0 Å². The summed E-state index contributed by atoms with van der Waals surface area (Å²) in [7, 11) is 0. The zero-order chi connectivity index (χ0) is 16.0. The molecule has 0 rings (SSSR count). The van der Waals surface area contributed by atoms with Crippen molar-refractivity contribution in [2.45, 2.75) is 50.6 Å². The predicted octanol–water partition coefficient (Wildman–Crippen LogP) is -4.82. The van der Waals surface area contributed by atoms with Crippen molar-refractivity contribution in [3.05, 3.63) is 0 Å². The Kier molecular flexibility index (Phi) is 28.6. The minimum absolute atomic E-state index is 0. The van der Waals surface area contributed by atoms with Crippen LogP contribution in [0, 0.1) is 0 Å².